The van der Waals surface area contributed by atoms with Crippen molar-refractivity contribution in [1.82, 2.24) is 5.32 Å². The van der Waals surface area contributed by atoms with Crippen LogP contribution >= 0.6 is 0 Å². The van der Waals surface area contributed by atoms with Gasteiger partial charge in [-0.05, 0) is 37.5 Å². The van der Waals surface area contributed by atoms with E-state index in [1.54, 1.807) is 18.4 Å². The van der Waals surface area contributed by atoms with Crippen molar-refractivity contribution in [2.45, 2.75) is 31.9 Å². The molecule has 2 atom stereocenters. The third-order valence-corrected chi connectivity index (χ3v) is 3.11. The highest BCUT2D eigenvalue weighted by atomic mass is 16.5. The van der Waals surface area contributed by atoms with Crippen molar-refractivity contribution in [3.8, 4) is 0 Å². The van der Waals surface area contributed by atoms with E-state index in [1.807, 2.05) is 0 Å². The van der Waals surface area contributed by atoms with Crippen LogP contribution in [0.3, 0.4) is 0 Å². The van der Waals surface area contributed by atoms with Gasteiger partial charge in [-0.1, -0.05) is 6.08 Å². The number of aliphatic hydroxyl groups excluding tert-OH is 1. The molecule has 2 rings (SSSR count). The van der Waals surface area contributed by atoms with Crippen LogP contribution in [0.2, 0.25) is 0 Å². The molecule has 4 heteroatoms. The van der Waals surface area contributed by atoms with Gasteiger partial charge in [-0.15, -0.1) is 0 Å². The van der Waals surface area contributed by atoms with E-state index in [0.29, 0.717) is 12.2 Å². The molecule has 4 nitrogen and oxygen atoms in total. The van der Waals surface area contributed by atoms with E-state index >= 15 is 0 Å². The van der Waals surface area contributed by atoms with Gasteiger partial charge in [-0.25, -0.2) is 0 Å². The van der Waals surface area contributed by atoms with Crippen molar-refractivity contribution >= 4 is 0 Å². The Balaban J connectivity index is 1.71. The molecule has 0 aromatic carbocycles. The number of hydrogen-bond acceptors (Lipinski definition) is 4. The van der Waals surface area contributed by atoms with Gasteiger partial charge in [0.25, 0.3) is 0 Å². The van der Waals surface area contributed by atoms with E-state index in [-0.39, 0.29) is 6.04 Å². The van der Waals surface area contributed by atoms with Crippen molar-refractivity contribution in [3.05, 3.63) is 35.8 Å². The van der Waals surface area contributed by atoms with Gasteiger partial charge >= 0.3 is 0 Å². The molecule has 0 aliphatic carbocycles. The molecule has 0 saturated heterocycles. The SMILES string of the molecule is CC(CC(O)c1ccco1)NCC1=CCCOC1. The summed E-state index contributed by atoms with van der Waals surface area (Å²) in [6.45, 7) is 4.44. The van der Waals surface area contributed by atoms with Crippen LogP contribution in [0.15, 0.2) is 34.5 Å². The molecule has 0 radical (unpaired) electrons. The summed E-state index contributed by atoms with van der Waals surface area (Å²) >= 11 is 0. The molecule has 2 N–H and O–H groups in total. The van der Waals surface area contributed by atoms with Crippen LogP contribution in [0.4, 0.5) is 0 Å². The van der Waals surface area contributed by atoms with E-state index in [1.165, 1.54) is 5.57 Å². The molecular formula is C14H21NO3. The minimum absolute atomic E-state index is 0.230. The predicted octanol–water partition coefficient (Wildman–Crippen LogP) is 2.03. The molecule has 0 bridgehead atoms. The van der Waals surface area contributed by atoms with Gasteiger partial charge in [0.05, 0.1) is 19.5 Å². The van der Waals surface area contributed by atoms with Crippen molar-refractivity contribution in [1.29, 1.82) is 0 Å². The molecule has 1 aromatic heterocycles. The Morgan fingerprint density at radius 1 is 1.50 bits per heavy atom. The summed E-state index contributed by atoms with van der Waals surface area (Å²) in [5, 5.41) is 13.3. The number of nitrogens with one attached hydrogen (secondary N) is 1. The fourth-order valence-electron chi connectivity index (χ4n) is 2.05. The summed E-state index contributed by atoms with van der Waals surface area (Å²) in [4.78, 5) is 0. The number of ether oxygens (including phenoxy) is 1. The number of furan rings is 1. The van der Waals surface area contributed by atoms with Crippen LogP contribution in [-0.2, 0) is 4.74 Å². The summed E-state index contributed by atoms with van der Waals surface area (Å²) in [6, 6.07) is 3.82. The summed E-state index contributed by atoms with van der Waals surface area (Å²) < 4.78 is 10.6. The molecule has 2 heterocycles. The highest BCUT2D eigenvalue weighted by Gasteiger charge is 2.14. The molecule has 0 amide bonds. The minimum Gasteiger partial charge on any atom is -0.467 e. The molecule has 18 heavy (non-hydrogen) atoms. The van der Waals surface area contributed by atoms with Crippen LogP contribution in [0.1, 0.15) is 31.6 Å². The van der Waals surface area contributed by atoms with Crippen LogP contribution in [-0.4, -0.2) is 30.9 Å². The maximum atomic E-state index is 9.94. The first-order valence-electron chi connectivity index (χ1n) is 6.46. The summed E-state index contributed by atoms with van der Waals surface area (Å²) in [5.74, 6) is 0.629. The second-order valence-corrected chi connectivity index (χ2v) is 4.75. The van der Waals surface area contributed by atoms with E-state index in [0.717, 1.165) is 26.2 Å². The molecule has 0 fully saturated rings. The van der Waals surface area contributed by atoms with Crippen LogP contribution in [0, 0.1) is 0 Å². The van der Waals surface area contributed by atoms with Crippen LogP contribution in [0.5, 0.6) is 0 Å². The topological polar surface area (TPSA) is 54.6 Å². The monoisotopic (exact) mass is 251 g/mol. The van der Waals surface area contributed by atoms with E-state index in [2.05, 4.69) is 18.3 Å². The Hall–Kier alpha value is -1.10. The maximum absolute atomic E-state index is 9.94. The number of rotatable bonds is 6. The van der Waals surface area contributed by atoms with Gasteiger partial charge in [-0.3, -0.25) is 0 Å². The van der Waals surface area contributed by atoms with Crippen LogP contribution in [0.25, 0.3) is 0 Å². The zero-order chi connectivity index (χ0) is 12.8. The smallest absolute Gasteiger partial charge is 0.132 e. The molecule has 1 aliphatic heterocycles. The van der Waals surface area contributed by atoms with Crippen molar-refractivity contribution < 1.29 is 14.3 Å². The average Bonchev–Trinajstić information content (AvgIpc) is 2.91. The van der Waals surface area contributed by atoms with E-state index in [9.17, 15) is 5.11 Å². The van der Waals surface area contributed by atoms with Gasteiger partial charge in [-0.2, -0.15) is 0 Å². The Kier molecular flexibility index (Phi) is 4.99. The van der Waals surface area contributed by atoms with Gasteiger partial charge in [0, 0.05) is 12.6 Å². The lowest BCUT2D eigenvalue weighted by atomic mass is 10.1. The maximum Gasteiger partial charge on any atom is 0.132 e. The lowest BCUT2D eigenvalue weighted by molar-refractivity contribution is 0.127. The van der Waals surface area contributed by atoms with Crippen molar-refractivity contribution in [3.63, 3.8) is 0 Å². The van der Waals surface area contributed by atoms with Crippen molar-refractivity contribution in [2.24, 2.45) is 0 Å². The summed E-state index contributed by atoms with van der Waals surface area (Å²) in [5.41, 5.74) is 1.29. The van der Waals surface area contributed by atoms with E-state index in [4.69, 9.17) is 9.15 Å². The lowest BCUT2D eigenvalue weighted by Crippen LogP contribution is -2.31. The predicted molar refractivity (Wildman–Crippen MR) is 69.3 cm³/mol. The molecule has 0 saturated carbocycles. The Morgan fingerprint density at radius 3 is 3.06 bits per heavy atom. The second kappa shape index (κ2) is 6.73. The fraction of sp³-hybridized carbons (Fsp3) is 0.571. The molecular weight excluding hydrogens is 230 g/mol. The molecule has 100 valence electrons. The third kappa shape index (κ3) is 3.98. The molecule has 2 unspecified atom stereocenters. The van der Waals surface area contributed by atoms with Crippen molar-refractivity contribution in [2.75, 3.05) is 19.8 Å². The number of aliphatic hydroxyl groups is 1. The Bertz CT molecular complexity index is 372. The number of hydrogen-bond donors (Lipinski definition) is 2. The van der Waals surface area contributed by atoms with Crippen LogP contribution < -0.4 is 5.32 Å². The van der Waals surface area contributed by atoms with Gasteiger partial charge in [0.15, 0.2) is 0 Å². The third-order valence-electron chi connectivity index (χ3n) is 3.11. The molecule has 0 spiro atoms. The fourth-order valence-corrected chi connectivity index (χ4v) is 2.05. The Morgan fingerprint density at radius 2 is 2.39 bits per heavy atom. The van der Waals surface area contributed by atoms with Gasteiger partial charge in [0.2, 0.25) is 0 Å². The zero-order valence-corrected chi connectivity index (χ0v) is 10.8. The normalized spacial score (nSPS) is 19.3. The molecule has 1 aliphatic rings. The van der Waals surface area contributed by atoms with E-state index < -0.39 is 6.10 Å². The largest absolute Gasteiger partial charge is 0.467 e. The second-order valence-electron chi connectivity index (χ2n) is 4.75. The first kappa shape index (κ1) is 13.3. The average molecular weight is 251 g/mol. The highest BCUT2D eigenvalue weighted by Crippen LogP contribution is 2.18. The lowest BCUT2D eigenvalue weighted by Gasteiger charge is -2.19. The summed E-state index contributed by atoms with van der Waals surface area (Å²) in [6.07, 6.45) is 4.91. The van der Waals surface area contributed by atoms with Gasteiger partial charge in [0.1, 0.15) is 11.9 Å². The zero-order valence-electron chi connectivity index (χ0n) is 10.8. The van der Waals surface area contributed by atoms with Gasteiger partial charge < -0.3 is 19.6 Å². The first-order chi connectivity index (χ1) is 8.75. The quantitative estimate of drug-likeness (QED) is 0.760. The Labute approximate surface area is 108 Å². The minimum atomic E-state index is -0.543. The summed E-state index contributed by atoms with van der Waals surface area (Å²) in [7, 11) is 0. The highest BCUT2D eigenvalue weighted by molar-refractivity contribution is 5.07. The first-order valence-corrected chi connectivity index (χ1v) is 6.46. The standard InChI is InChI=1S/C14H21NO3/c1-11(8-13(16)14-5-3-7-18-14)15-9-12-4-2-6-17-10-12/h3-5,7,11,13,15-16H,2,6,8-10H2,1H3. The molecule has 1 aromatic rings.